The van der Waals surface area contributed by atoms with Crippen molar-refractivity contribution in [3.05, 3.63) is 24.0 Å². The third kappa shape index (κ3) is 2.20. The number of allylic oxidation sites excluding steroid dienone is 2. The van der Waals surface area contributed by atoms with Crippen LogP contribution in [0.2, 0.25) is 0 Å². The first-order chi connectivity index (χ1) is 6.34. The Morgan fingerprint density at radius 2 is 2.00 bits per heavy atom. The zero-order valence-corrected chi connectivity index (χ0v) is 7.66. The van der Waals surface area contributed by atoms with Gasteiger partial charge in [-0.15, -0.1) is 0 Å². The molecule has 2 heteroatoms. The SMILES string of the molecule is O=C1C=C/C(=C/C2CCCCC2)O1. The molecule has 70 valence electrons. The van der Waals surface area contributed by atoms with E-state index in [1.807, 2.05) is 0 Å². The molecule has 0 aromatic carbocycles. The van der Waals surface area contributed by atoms with Crippen LogP contribution in [0.4, 0.5) is 0 Å². The molecule has 0 spiro atoms. The van der Waals surface area contributed by atoms with Crippen molar-refractivity contribution in [3.63, 3.8) is 0 Å². The van der Waals surface area contributed by atoms with Crippen LogP contribution in [0.1, 0.15) is 32.1 Å². The van der Waals surface area contributed by atoms with Crippen LogP contribution >= 0.6 is 0 Å². The molecule has 2 aliphatic rings. The molecule has 0 atom stereocenters. The fourth-order valence-electron chi connectivity index (χ4n) is 1.96. The van der Waals surface area contributed by atoms with Gasteiger partial charge in [0.15, 0.2) is 0 Å². The molecule has 1 fully saturated rings. The van der Waals surface area contributed by atoms with Crippen LogP contribution in [-0.4, -0.2) is 5.97 Å². The normalized spacial score (nSPS) is 26.8. The van der Waals surface area contributed by atoms with Gasteiger partial charge in [-0.05, 0) is 30.9 Å². The van der Waals surface area contributed by atoms with Crippen molar-refractivity contribution in [2.45, 2.75) is 32.1 Å². The Labute approximate surface area is 78.3 Å². The van der Waals surface area contributed by atoms with E-state index >= 15 is 0 Å². The quantitative estimate of drug-likeness (QED) is 0.577. The molecular formula is C11H14O2. The molecule has 0 amide bonds. The van der Waals surface area contributed by atoms with Crippen molar-refractivity contribution < 1.29 is 9.53 Å². The van der Waals surface area contributed by atoms with Crippen LogP contribution in [0.15, 0.2) is 24.0 Å². The number of esters is 1. The van der Waals surface area contributed by atoms with Crippen molar-refractivity contribution in [2.24, 2.45) is 5.92 Å². The average Bonchev–Trinajstić information content (AvgIpc) is 2.53. The number of cyclic esters (lactones) is 1. The number of hydrogen-bond acceptors (Lipinski definition) is 2. The van der Waals surface area contributed by atoms with Crippen molar-refractivity contribution in [1.29, 1.82) is 0 Å². The Balaban J connectivity index is 1.95. The van der Waals surface area contributed by atoms with Crippen molar-refractivity contribution in [2.75, 3.05) is 0 Å². The average molecular weight is 178 g/mol. The zero-order chi connectivity index (χ0) is 9.10. The maximum Gasteiger partial charge on any atom is 0.336 e. The molecule has 13 heavy (non-hydrogen) atoms. The van der Waals surface area contributed by atoms with Crippen molar-refractivity contribution >= 4 is 5.97 Å². The van der Waals surface area contributed by atoms with Crippen molar-refractivity contribution in [1.82, 2.24) is 0 Å². The second kappa shape index (κ2) is 3.77. The third-order valence-electron chi connectivity index (χ3n) is 2.65. The maximum atomic E-state index is 10.7. The second-order valence-electron chi connectivity index (χ2n) is 3.72. The van der Waals surface area contributed by atoms with Gasteiger partial charge >= 0.3 is 5.97 Å². The lowest BCUT2D eigenvalue weighted by atomic mass is 9.89. The highest BCUT2D eigenvalue weighted by molar-refractivity contribution is 5.86. The maximum absolute atomic E-state index is 10.7. The van der Waals surface area contributed by atoms with E-state index in [9.17, 15) is 4.79 Å². The van der Waals surface area contributed by atoms with Crippen LogP contribution in [0.3, 0.4) is 0 Å². The molecule has 1 heterocycles. The molecule has 0 unspecified atom stereocenters. The molecule has 0 aromatic rings. The minimum atomic E-state index is -0.234. The Morgan fingerprint density at radius 1 is 1.23 bits per heavy atom. The number of ether oxygens (including phenoxy) is 1. The molecule has 1 aliphatic heterocycles. The molecule has 1 aliphatic carbocycles. The monoisotopic (exact) mass is 178 g/mol. The first kappa shape index (κ1) is 8.54. The number of hydrogen-bond donors (Lipinski definition) is 0. The number of rotatable bonds is 1. The molecule has 0 bridgehead atoms. The lowest BCUT2D eigenvalue weighted by Crippen LogP contribution is -2.04. The highest BCUT2D eigenvalue weighted by Gasteiger charge is 2.15. The standard InChI is InChI=1S/C11H14O2/c12-11-7-6-10(13-11)8-9-4-2-1-3-5-9/h6-9H,1-5H2/b10-8-. The van der Waals surface area contributed by atoms with E-state index in [2.05, 4.69) is 6.08 Å². The van der Waals surface area contributed by atoms with E-state index in [1.165, 1.54) is 38.2 Å². The largest absolute Gasteiger partial charge is 0.424 e. The highest BCUT2D eigenvalue weighted by atomic mass is 16.5. The van der Waals surface area contributed by atoms with Gasteiger partial charge in [-0.2, -0.15) is 0 Å². The van der Waals surface area contributed by atoms with E-state index < -0.39 is 0 Å². The lowest BCUT2D eigenvalue weighted by Gasteiger charge is -2.17. The van der Waals surface area contributed by atoms with Gasteiger partial charge in [0.25, 0.3) is 0 Å². The van der Waals surface area contributed by atoms with Crippen LogP contribution in [0, 0.1) is 5.92 Å². The summed E-state index contributed by atoms with van der Waals surface area (Å²) in [5.41, 5.74) is 0. The van der Waals surface area contributed by atoms with Crippen LogP contribution in [-0.2, 0) is 9.53 Å². The van der Waals surface area contributed by atoms with Gasteiger partial charge in [0.1, 0.15) is 5.76 Å². The van der Waals surface area contributed by atoms with Gasteiger partial charge < -0.3 is 4.74 Å². The predicted octanol–water partition coefficient (Wildman–Crippen LogP) is 2.56. The molecule has 2 rings (SSSR count). The summed E-state index contributed by atoms with van der Waals surface area (Å²) in [7, 11) is 0. The Kier molecular flexibility index (Phi) is 2.48. The second-order valence-corrected chi connectivity index (χ2v) is 3.72. The first-order valence-electron chi connectivity index (χ1n) is 4.96. The Bertz CT molecular complexity index is 257. The summed E-state index contributed by atoms with van der Waals surface area (Å²) >= 11 is 0. The molecule has 0 radical (unpaired) electrons. The van der Waals surface area contributed by atoms with Gasteiger partial charge in [-0.25, -0.2) is 4.79 Å². The number of carbonyl (C=O) groups excluding carboxylic acids is 1. The van der Waals surface area contributed by atoms with E-state index in [0.717, 1.165) is 5.76 Å². The summed E-state index contributed by atoms with van der Waals surface area (Å²) in [6, 6.07) is 0. The predicted molar refractivity (Wildman–Crippen MR) is 49.9 cm³/mol. The molecule has 0 saturated heterocycles. The van der Waals surface area contributed by atoms with Gasteiger partial charge in [0.05, 0.1) is 0 Å². The molecule has 0 aromatic heterocycles. The van der Waals surface area contributed by atoms with Crippen LogP contribution < -0.4 is 0 Å². The highest BCUT2D eigenvalue weighted by Crippen LogP contribution is 2.26. The van der Waals surface area contributed by atoms with Gasteiger partial charge in [-0.1, -0.05) is 19.3 Å². The minimum absolute atomic E-state index is 0.234. The summed E-state index contributed by atoms with van der Waals surface area (Å²) < 4.78 is 4.98. The van der Waals surface area contributed by atoms with Crippen LogP contribution in [0.5, 0.6) is 0 Å². The fourth-order valence-corrected chi connectivity index (χ4v) is 1.96. The first-order valence-corrected chi connectivity index (χ1v) is 4.96. The summed E-state index contributed by atoms with van der Waals surface area (Å²) in [5.74, 6) is 1.14. The Morgan fingerprint density at radius 3 is 2.62 bits per heavy atom. The Hall–Kier alpha value is -1.05. The molecule has 1 saturated carbocycles. The van der Waals surface area contributed by atoms with E-state index in [0.29, 0.717) is 5.92 Å². The van der Waals surface area contributed by atoms with E-state index in [-0.39, 0.29) is 5.97 Å². The number of carbonyl (C=O) groups is 1. The summed E-state index contributed by atoms with van der Waals surface area (Å²) in [6.07, 6.45) is 11.8. The topological polar surface area (TPSA) is 26.3 Å². The third-order valence-corrected chi connectivity index (χ3v) is 2.65. The van der Waals surface area contributed by atoms with E-state index in [1.54, 1.807) is 6.08 Å². The molecule has 2 nitrogen and oxygen atoms in total. The van der Waals surface area contributed by atoms with Crippen LogP contribution in [0.25, 0.3) is 0 Å². The summed E-state index contributed by atoms with van der Waals surface area (Å²) in [4.78, 5) is 10.7. The minimum Gasteiger partial charge on any atom is -0.424 e. The zero-order valence-electron chi connectivity index (χ0n) is 7.66. The fraction of sp³-hybridized carbons (Fsp3) is 0.545. The van der Waals surface area contributed by atoms with Gasteiger partial charge in [0.2, 0.25) is 0 Å². The van der Waals surface area contributed by atoms with Crippen molar-refractivity contribution in [3.8, 4) is 0 Å². The van der Waals surface area contributed by atoms with E-state index in [4.69, 9.17) is 4.74 Å². The lowest BCUT2D eigenvalue weighted by molar-refractivity contribution is -0.132. The molecule has 0 N–H and O–H groups in total. The van der Waals surface area contributed by atoms with Gasteiger partial charge in [-0.3, -0.25) is 0 Å². The summed E-state index contributed by atoms with van der Waals surface area (Å²) in [6.45, 7) is 0. The summed E-state index contributed by atoms with van der Waals surface area (Å²) in [5, 5.41) is 0. The molecular weight excluding hydrogens is 164 g/mol. The smallest absolute Gasteiger partial charge is 0.336 e. The van der Waals surface area contributed by atoms with Gasteiger partial charge in [0, 0.05) is 6.08 Å².